The Morgan fingerprint density at radius 1 is 0.833 bits per heavy atom. The van der Waals surface area contributed by atoms with Crippen LogP contribution in [-0.2, 0) is 16.1 Å². The SMILES string of the molecule is COc1ccccc1NC1=C(c2ccc(C)cc2)C(=O)N(Cc2ccccc2)C1=O. The van der Waals surface area contributed by atoms with Crippen molar-refractivity contribution >= 4 is 23.1 Å². The van der Waals surface area contributed by atoms with Gasteiger partial charge in [-0.25, -0.2) is 0 Å². The van der Waals surface area contributed by atoms with Crippen LogP contribution in [0.3, 0.4) is 0 Å². The molecule has 0 fully saturated rings. The van der Waals surface area contributed by atoms with Crippen LogP contribution in [-0.4, -0.2) is 23.8 Å². The number of hydrogen-bond donors (Lipinski definition) is 1. The molecule has 5 heteroatoms. The van der Waals surface area contributed by atoms with Gasteiger partial charge >= 0.3 is 0 Å². The quantitative estimate of drug-likeness (QED) is 0.626. The molecule has 0 atom stereocenters. The van der Waals surface area contributed by atoms with E-state index in [-0.39, 0.29) is 24.1 Å². The summed E-state index contributed by atoms with van der Waals surface area (Å²) >= 11 is 0. The Balaban J connectivity index is 1.77. The van der Waals surface area contributed by atoms with Gasteiger partial charge in [0.15, 0.2) is 0 Å². The maximum Gasteiger partial charge on any atom is 0.278 e. The summed E-state index contributed by atoms with van der Waals surface area (Å²) in [5.41, 5.74) is 3.91. The van der Waals surface area contributed by atoms with Crippen molar-refractivity contribution in [2.75, 3.05) is 12.4 Å². The molecule has 30 heavy (non-hydrogen) atoms. The van der Waals surface area contributed by atoms with Crippen molar-refractivity contribution in [3.63, 3.8) is 0 Å². The minimum absolute atomic E-state index is 0.213. The van der Waals surface area contributed by atoms with Crippen LogP contribution in [0.15, 0.2) is 84.6 Å². The van der Waals surface area contributed by atoms with Gasteiger partial charge in [0, 0.05) is 0 Å². The predicted octanol–water partition coefficient (Wildman–Crippen LogP) is 4.40. The van der Waals surface area contributed by atoms with Crippen molar-refractivity contribution in [3.8, 4) is 5.75 Å². The maximum absolute atomic E-state index is 13.3. The van der Waals surface area contributed by atoms with Crippen LogP contribution >= 0.6 is 0 Å². The Bertz CT molecular complexity index is 1120. The van der Waals surface area contributed by atoms with Crippen molar-refractivity contribution in [3.05, 3.63) is 101 Å². The van der Waals surface area contributed by atoms with Crippen molar-refractivity contribution in [1.29, 1.82) is 0 Å². The van der Waals surface area contributed by atoms with E-state index in [4.69, 9.17) is 4.74 Å². The Morgan fingerprint density at radius 3 is 2.20 bits per heavy atom. The number of anilines is 1. The molecule has 0 aliphatic carbocycles. The molecule has 150 valence electrons. The molecule has 0 saturated carbocycles. The summed E-state index contributed by atoms with van der Waals surface area (Å²) in [4.78, 5) is 27.9. The molecule has 4 rings (SSSR count). The Kier molecular flexibility index (Phi) is 5.35. The smallest absolute Gasteiger partial charge is 0.278 e. The number of benzene rings is 3. The van der Waals surface area contributed by atoms with Gasteiger partial charge in [-0.15, -0.1) is 0 Å². The molecule has 1 aliphatic rings. The first-order chi connectivity index (χ1) is 14.6. The molecule has 0 unspecified atom stereocenters. The highest BCUT2D eigenvalue weighted by molar-refractivity contribution is 6.36. The van der Waals surface area contributed by atoms with E-state index in [0.29, 0.717) is 22.6 Å². The van der Waals surface area contributed by atoms with E-state index >= 15 is 0 Å². The summed E-state index contributed by atoms with van der Waals surface area (Å²) in [6.07, 6.45) is 0. The first-order valence-corrected chi connectivity index (χ1v) is 9.70. The fraction of sp³-hybridized carbons (Fsp3) is 0.120. The van der Waals surface area contributed by atoms with Gasteiger partial charge in [-0.1, -0.05) is 72.3 Å². The Hall–Kier alpha value is -3.86. The van der Waals surface area contributed by atoms with Crippen LogP contribution in [0.2, 0.25) is 0 Å². The first-order valence-electron chi connectivity index (χ1n) is 9.70. The zero-order chi connectivity index (χ0) is 21.1. The molecule has 1 N–H and O–H groups in total. The van der Waals surface area contributed by atoms with E-state index in [2.05, 4.69) is 5.32 Å². The molecule has 0 bridgehead atoms. The second kappa shape index (κ2) is 8.25. The average Bonchev–Trinajstić information content (AvgIpc) is 3.00. The number of methoxy groups -OCH3 is 1. The summed E-state index contributed by atoms with van der Waals surface area (Å²) in [5.74, 6) is -0.0783. The molecule has 5 nitrogen and oxygen atoms in total. The van der Waals surface area contributed by atoms with Crippen molar-refractivity contribution in [1.82, 2.24) is 4.90 Å². The van der Waals surface area contributed by atoms with Crippen LogP contribution in [0.5, 0.6) is 5.75 Å². The van der Waals surface area contributed by atoms with E-state index in [0.717, 1.165) is 11.1 Å². The lowest BCUT2D eigenvalue weighted by molar-refractivity contribution is -0.137. The van der Waals surface area contributed by atoms with Gasteiger partial charge in [-0.3, -0.25) is 14.5 Å². The van der Waals surface area contributed by atoms with Crippen molar-refractivity contribution in [2.45, 2.75) is 13.5 Å². The monoisotopic (exact) mass is 398 g/mol. The highest BCUT2D eigenvalue weighted by Gasteiger charge is 2.39. The number of nitrogens with one attached hydrogen (secondary N) is 1. The third kappa shape index (κ3) is 3.70. The largest absolute Gasteiger partial charge is 0.495 e. The molecule has 3 aromatic carbocycles. The summed E-state index contributed by atoms with van der Waals surface area (Å²) in [6.45, 7) is 2.19. The second-order valence-corrected chi connectivity index (χ2v) is 7.12. The zero-order valence-electron chi connectivity index (χ0n) is 16.9. The maximum atomic E-state index is 13.3. The number of para-hydroxylation sites is 2. The number of amides is 2. The molecule has 0 spiro atoms. The highest BCUT2D eigenvalue weighted by atomic mass is 16.5. The standard InChI is InChI=1S/C25H22N2O3/c1-17-12-14-19(15-13-17)22-23(26-20-10-6-7-11-21(20)30-2)25(29)27(24(22)28)16-18-8-4-3-5-9-18/h3-15,26H,16H2,1-2H3. The van der Waals surface area contributed by atoms with Gasteiger partial charge in [-0.05, 0) is 30.2 Å². The highest BCUT2D eigenvalue weighted by Crippen LogP contribution is 2.34. The van der Waals surface area contributed by atoms with Gasteiger partial charge in [0.25, 0.3) is 11.8 Å². The lowest BCUT2D eigenvalue weighted by atomic mass is 10.0. The van der Waals surface area contributed by atoms with Crippen LogP contribution in [0.1, 0.15) is 16.7 Å². The van der Waals surface area contributed by atoms with E-state index in [9.17, 15) is 9.59 Å². The minimum Gasteiger partial charge on any atom is -0.495 e. The number of imide groups is 1. The first kappa shape index (κ1) is 19.5. The van der Waals surface area contributed by atoms with E-state index in [1.165, 1.54) is 4.90 Å². The van der Waals surface area contributed by atoms with Crippen molar-refractivity contribution < 1.29 is 14.3 Å². The molecule has 1 aliphatic heterocycles. The molecule has 1 heterocycles. The van der Waals surface area contributed by atoms with Crippen molar-refractivity contribution in [2.24, 2.45) is 0 Å². The van der Waals surface area contributed by atoms with E-state index in [1.807, 2.05) is 79.7 Å². The number of rotatable bonds is 6. The fourth-order valence-corrected chi connectivity index (χ4v) is 3.47. The lowest BCUT2D eigenvalue weighted by Gasteiger charge is -2.16. The molecular weight excluding hydrogens is 376 g/mol. The van der Waals surface area contributed by atoms with Gasteiger partial charge in [0.2, 0.25) is 0 Å². The third-order valence-corrected chi connectivity index (χ3v) is 5.06. The third-order valence-electron chi connectivity index (χ3n) is 5.06. The Morgan fingerprint density at radius 2 is 1.50 bits per heavy atom. The van der Waals surface area contributed by atoms with Crippen LogP contribution in [0.4, 0.5) is 5.69 Å². The minimum atomic E-state index is -0.356. The Labute approximate surface area is 175 Å². The molecule has 0 radical (unpaired) electrons. The molecule has 0 aromatic heterocycles. The number of carbonyl (C=O) groups excluding carboxylic acids is 2. The number of hydrogen-bond acceptors (Lipinski definition) is 4. The summed E-state index contributed by atoms with van der Waals surface area (Å²) < 4.78 is 5.40. The number of nitrogens with zero attached hydrogens (tertiary/aromatic N) is 1. The van der Waals surface area contributed by atoms with E-state index in [1.54, 1.807) is 13.2 Å². The van der Waals surface area contributed by atoms with E-state index < -0.39 is 0 Å². The summed E-state index contributed by atoms with van der Waals surface area (Å²) in [7, 11) is 1.57. The van der Waals surface area contributed by atoms with Gasteiger partial charge in [0.1, 0.15) is 11.4 Å². The molecule has 0 saturated heterocycles. The fourth-order valence-electron chi connectivity index (χ4n) is 3.47. The molecule has 3 aromatic rings. The van der Waals surface area contributed by atoms with Gasteiger partial charge in [0.05, 0.1) is 24.9 Å². The summed E-state index contributed by atoms with van der Waals surface area (Å²) in [6, 6.07) is 24.4. The normalized spacial score (nSPS) is 13.7. The lowest BCUT2D eigenvalue weighted by Crippen LogP contribution is -2.32. The number of ether oxygens (including phenoxy) is 1. The number of aryl methyl sites for hydroxylation is 1. The number of carbonyl (C=O) groups is 2. The second-order valence-electron chi connectivity index (χ2n) is 7.12. The predicted molar refractivity (Wildman–Crippen MR) is 117 cm³/mol. The van der Waals surface area contributed by atoms with Crippen LogP contribution in [0, 0.1) is 6.92 Å². The molecular formula is C25H22N2O3. The van der Waals surface area contributed by atoms with Crippen LogP contribution in [0.25, 0.3) is 5.57 Å². The summed E-state index contributed by atoms with van der Waals surface area (Å²) in [5, 5.41) is 3.16. The zero-order valence-corrected chi connectivity index (χ0v) is 16.9. The average molecular weight is 398 g/mol. The van der Waals surface area contributed by atoms with Crippen LogP contribution < -0.4 is 10.1 Å². The molecule has 2 amide bonds. The van der Waals surface area contributed by atoms with Gasteiger partial charge in [-0.2, -0.15) is 0 Å². The van der Waals surface area contributed by atoms with Gasteiger partial charge < -0.3 is 10.1 Å². The topological polar surface area (TPSA) is 58.6 Å².